The fraction of sp³-hybridized carbons (Fsp3) is 0.233. The molecule has 212 valence electrons. The largest absolute Gasteiger partial charge is 0.493 e. The van der Waals surface area contributed by atoms with Gasteiger partial charge in [0.05, 0.1) is 42.2 Å². The summed E-state index contributed by atoms with van der Waals surface area (Å²) < 4.78 is 26.5. The first-order chi connectivity index (χ1) is 19.7. The van der Waals surface area contributed by atoms with E-state index in [-0.39, 0.29) is 17.7 Å². The van der Waals surface area contributed by atoms with E-state index in [0.29, 0.717) is 54.7 Å². The Morgan fingerprint density at radius 1 is 1.15 bits per heavy atom. The summed E-state index contributed by atoms with van der Waals surface area (Å²) in [5.74, 6) is 1.71. The van der Waals surface area contributed by atoms with E-state index in [4.69, 9.17) is 18.6 Å². The second-order valence-electron chi connectivity index (χ2n) is 8.97. The molecule has 4 aromatic rings. The summed E-state index contributed by atoms with van der Waals surface area (Å²) in [5, 5.41) is 0. The number of rotatable bonds is 8. The molecule has 0 spiro atoms. The van der Waals surface area contributed by atoms with Crippen LogP contribution in [0.25, 0.3) is 17.4 Å². The van der Waals surface area contributed by atoms with Crippen LogP contribution < -0.4 is 24.4 Å². The highest BCUT2D eigenvalue weighted by Crippen LogP contribution is 2.41. The lowest BCUT2D eigenvalue weighted by Gasteiger charge is -2.26. The van der Waals surface area contributed by atoms with E-state index in [1.165, 1.54) is 15.9 Å². The monoisotopic (exact) mass is 748 g/mol. The number of hydrogen-bond donors (Lipinski definition) is 0. The summed E-state index contributed by atoms with van der Waals surface area (Å²) in [4.78, 5) is 32.3. The second-order valence-corrected chi connectivity index (χ2v) is 12.1. The normalized spacial score (nSPS) is 15.0. The third kappa shape index (κ3) is 5.80. The molecule has 11 heteroatoms. The first-order valence-corrected chi connectivity index (χ1v) is 15.5. The lowest BCUT2D eigenvalue weighted by atomic mass is 9.95. The number of ether oxygens (including phenoxy) is 3. The molecule has 0 aliphatic carbocycles. The predicted molar refractivity (Wildman–Crippen MR) is 169 cm³/mol. The number of carbonyl (C=O) groups is 1. The molecule has 2 aromatic carbocycles. The molecule has 0 saturated heterocycles. The molecule has 0 fully saturated rings. The van der Waals surface area contributed by atoms with E-state index in [9.17, 15) is 9.59 Å². The Bertz CT molecular complexity index is 1840. The van der Waals surface area contributed by atoms with Gasteiger partial charge in [-0.2, -0.15) is 0 Å². The first kappa shape index (κ1) is 29.3. The average Bonchev–Trinajstić information content (AvgIpc) is 3.53. The Labute approximate surface area is 262 Å². The zero-order valence-corrected chi connectivity index (χ0v) is 27.3. The van der Waals surface area contributed by atoms with E-state index in [1.54, 1.807) is 39.2 Å². The highest BCUT2D eigenvalue weighted by atomic mass is 127. The summed E-state index contributed by atoms with van der Waals surface area (Å²) in [5.41, 5.74) is 2.02. The van der Waals surface area contributed by atoms with Crippen LogP contribution in [0, 0.1) is 3.57 Å². The maximum Gasteiger partial charge on any atom is 0.338 e. The van der Waals surface area contributed by atoms with Crippen molar-refractivity contribution in [3.05, 3.63) is 98.9 Å². The molecule has 0 radical (unpaired) electrons. The van der Waals surface area contributed by atoms with Gasteiger partial charge in [0.15, 0.2) is 16.3 Å². The zero-order chi connectivity index (χ0) is 29.3. The van der Waals surface area contributed by atoms with Crippen molar-refractivity contribution in [2.75, 3.05) is 20.3 Å². The fourth-order valence-corrected chi connectivity index (χ4v) is 6.53. The smallest absolute Gasteiger partial charge is 0.338 e. The minimum Gasteiger partial charge on any atom is -0.493 e. The maximum atomic E-state index is 14.0. The standard InChI is InChI=1S/C30H26BrIN2O6S/c1-5-38-24-15-21(31)20(14-23(24)37-4)27-26(29(36)39-6-2)16(3)33-30-34(27)28(35)25(41-30)13-19-11-12-22(40-19)17-7-9-18(32)10-8-17/h7-15,27H,5-6H2,1-4H3/b25-13+/t27-/m1/s1. The van der Waals surface area contributed by atoms with Gasteiger partial charge in [0.2, 0.25) is 0 Å². The van der Waals surface area contributed by atoms with Crippen LogP contribution in [-0.4, -0.2) is 30.9 Å². The van der Waals surface area contributed by atoms with Gasteiger partial charge < -0.3 is 18.6 Å². The molecule has 1 aliphatic rings. The fourth-order valence-electron chi connectivity index (χ4n) is 4.60. The summed E-state index contributed by atoms with van der Waals surface area (Å²) in [7, 11) is 1.54. The molecule has 0 unspecified atom stereocenters. The van der Waals surface area contributed by atoms with Crippen LogP contribution in [0.4, 0.5) is 0 Å². The molecule has 5 rings (SSSR count). The molecule has 0 saturated carbocycles. The second kappa shape index (κ2) is 12.4. The molecule has 2 aromatic heterocycles. The molecular formula is C30H26BrIN2O6S. The Hall–Kier alpha value is -3.16. The van der Waals surface area contributed by atoms with Gasteiger partial charge in [0.25, 0.3) is 5.56 Å². The molecule has 0 N–H and O–H groups in total. The van der Waals surface area contributed by atoms with E-state index in [2.05, 4.69) is 43.5 Å². The third-order valence-corrected chi connectivity index (χ3v) is 8.81. The van der Waals surface area contributed by atoms with Crippen LogP contribution in [0.15, 0.2) is 78.5 Å². The number of fused-ring (bicyclic) bond motifs is 1. The summed E-state index contributed by atoms with van der Waals surface area (Å²) in [6.07, 6.45) is 1.70. The van der Waals surface area contributed by atoms with Gasteiger partial charge in [0, 0.05) is 19.7 Å². The van der Waals surface area contributed by atoms with Crippen molar-refractivity contribution in [2.45, 2.75) is 26.8 Å². The summed E-state index contributed by atoms with van der Waals surface area (Å²) >= 11 is 7.13. The van der Waals surface area contributed by atoms with Gasteiger partial charge in [-0.1, -0.05) is 39.4 Å². The van der Waals surface area contributed by atoms with E-state index in [0.717, 1.165) is 9.13 Å². The number of furan rings is 1. The minimum atomic E-state index is -0.814. The Balaban J connectivity index is 1.67. The van der Waals surface area contributed by atoms with Crippen LogP contribution in [0.3, 0.4) is 0 Å². The lowest BCUT2D eigenvalue weighted by molar-refractivity contribution is -0.139. The SMILES string of the molecule is CCOC(=O)C1=C(C)N=c2s/c(=C/c3ccc(-c4ccc(I)cc4)o3)c(=O)n2[C@@H]1c1cc(OC)c(OCC)cc1Br. The molecule has 1 atom stereocenters. The summed E-state index contributed by atoms with van der Waals surface area (Å²) in [6, 6.07) is 14.4. The number of methoxy groups -OCH3 is 1. The van der Waals surface area contributed by atoms with E-state index < -0.39 is 12.0 Å². The number of hydrogen-bond acceptors (Lipinski definition) is 8. The van der Waals surface area contributed by atoms with Crippen molar-refractivity contribution >= 4 is 61.9 Å². The Morgan fingerprint density at radius 3 is 2.59 bits per heavy atom. The number of carbonyl (C=O) groups excluding carboxylic acids is 1. The first-order valence-electron chi connectivity index (χ1n) is 12.8. The van der Waals surface area contributed by atoms with Crippen molar-refractivity contribution < 1.29 is 23.4 Å². The van der Waals surface area contributed by atoms with E-state index >= 15 is 0 Å². The highest BCUT2D eigenvalue weighted by Gasteiger charge is 2.35. The minimum absolute atomic E-state index is 0.182. The van der Waals surface area contributed by atoms with Gasteiger partial charge in [0.1, 0.15) is 11.5 Å². The van der Waals surface area contributed by atoms with Crippen molar-refractivity contribution in [1.29, 1.82) is 0 Å². The quantitative estimate of drug-likeness (QED) is 0.166. The number of allylic oxidation sites excluding steroid dienone is 1. The number of aromatic nitrogens is 1. The molecule has 3 heterocycles. The van der Waals surface area contributed by atoms with Crippen LogP contribution in [-0.2, 0) is 9.53 Å². The molecule has 0 amide bonds. The molecular weight excluding hydrogens is 723 g/mol. The molecule has 0 bridgehead atoms. The van der Waals surface area contributed by atoms with Crippen LogP contribution in [0.5, 0.6) is 11.5 Å². The number of esters is 1. The molecule has 41 heavy (non-hydrogen) atoms. The topological polar surface area (TPSA) is 92.3 Å². The maximum absolute atomic E-state index is 14.0. The predicted octanol–water partition coefficient (Wildman–Crippen LogP) is 5.83. The van der Waals surface area contributed by atoms with Crippen molar-refractivity contribution in [2.24, 2.45) is 4.99 Å². The highest BCUT2D eigenvalue weighted by molar-refractivity contribution is 14.1. The van der Waals surface area contributed by atoms with E-state index in [1.807, 2.05) is 43.3 Å². The number of halogens is 2. The summed E-state index contributed by atoms with van der Waals surface area (Å²) in [6.45, 7) is 6.00. The molecule has 1 aliphatic heterocycles. The van der Waals surface area contributed by atoms with Crippen LogP contribution >= 0.6 is 49.9 Å². The Kier molecular flexibility index (Phi) is 8.85. The van der Waals surface area contributed by atoms with Crippen molar-refractivity contribution in [3.8, 4) is 22.8 Å². The van der Waals surface area contributed by atoms with Crippen molar-refractivity contribution in [1.82, 2.24) is 4.57 Å². The molecule has 8 nitrogen and oxygen atoms in total. The number of benzene rings is 2. The van der Waals surface area contributed by atoms with Crippen LogP contribution in [0.2, 0.25) is 0 Å². The van der Waals surface area contributed by atoms with Crippen molar-refractivity contribution in [3.63, 3.8) is 0 Å². The number of thiazole rings is 1. The third-order valence-electron chi connectivity index (χ3n) is 6.42. The van der Waals surface area contributed by atoms with Gasteiger partial charge >= 0.3 is 5.97 Å². The zero-order valence-electron chi connectivity index (χ0n) is 22.7. The average molecular weight is 749 g/mol. The van der Waals surface area contributed by atoms with Crippen LogP contribution in [0.1, 0.15) is 38.1 Å². The number of nitrogens with zero attached hydrogens (tertiary/aromatic N) is 2. The van der Waals surface area contributed by atoms with Gasteiger partial charge in [-0.05, 0) is 85.3 Å². The van der Waals surface area contributed by atoms with Gasteiger partial charge in [-0.25, -0.2) is 9.79 Å². The van der Waals surface area contributed by atoms with Gasteiger partial charge in [-0.3, -0.25) is 9.36 Å². The Morgan fingerprint density at radius 2 is 1.90 bits per heavy atom. The van der Waals surface area contributed by atoms with Gasteiger partial charge in [-0.15, -0.1) is 0 Å². The lowest BCUT2D eigenvalue weighted by Crippen LogP contribution is -2.40.